The number of primary sulfonamides is 1. The van der Waals surface area contributed by atoms with Crippen molar-refractivity contribution in [2.75, 3.05) is 0 Å². The smallest absolute Gasteiger partial charge is 0.338 e. The number of aromatic carboxylic acids is 1. The van der Waals surface area contributed by atoms with Gasteiger partial charge in [-0.15, -0.1) is 0 Å². The SMILES string of the molecule is NS(=O)(=O)c1cc(-n2ncc3c(C(=O)O)cncc32)ccn1. The van der Waals surface area contributed by atoms with Crippen molar-refractivity contribution in [2.24, 2.45) is 5.14 Å². The number of nitrogens with two attached hydrogens (primary N) is 1. The first-order valence-corrected chi connectivity index (χ1v) is 7.47. The summed E-state index contributed by atoms with van der Waals surface area (Å²) in [6, 6.07) is 2.77. The van der Waals surface area contributed by atoms with Crippen LogP contribution in [-0.2, 0) is 10.0 Å². The minimum absolute atomic E-state index is 0.00414. The molecule has 0 fully saturated rings. The van der Waals surface area contributed by atoms with Crippen LogP contribution in [0.3, 0.4) is 0 Å². The lowest BCUT2D eigenvalue weighted by molar-refractivity contribution is 0.0698. The molecule has 0 spiro atoms. The minimum atomic E-state index is -3.95. The molecule has 10 heteroatoms. The summed E-state index contributed by atoms with van der Waals surface area (Å²) in [5.41, 5.74) is 0.800. The summed E-state index contributed by atoms with van der Waals surface area (Å²) >= 11 is 0. The Labute approximate surface area is 124 Å². The number of carboxylic acid groups (broad SMARTS) is 1. The van der Waals surface area contributed by atoms with E-state index in [-0.39, 0.29) is 10.6 Å². The highest BCUT2D eigenvalue weighted by Crippen LogP contribution is 2.21. The number of rotatable bonds is 3. The molecule has 0 aromatic carbocycles. The molecule has 9 nitrogen and oxygen atoms in total. The van der Waals surface area contributed by atoms with Crippen LogP contribution in [0.5, 0.6) is 0 Å². The van der Waals surface area contributed by atoms with Crippen molar-refractivity contribution < 1.29 is 18.3 Å². The molecule has 0 radical (unpaired) electrons. The zero-order valence-corrected chi connectivity index (χ0v) is 11.7. The number of hydrogen-bond acceptors (Lipinski definition) is 6. The summed E-state index contributed by atoms with van der Waals surface area (Å²) in [5, 5.41) is 18.3. The van der Waals surface area contributed by atoms with Gasteiger partial charge in [-0.3, -0.25) is 4.98 Å². The van der Waals surface area contributed by atoms with E-state index in [4.69, 9.17) is 10.2 Å². The fraction of sp³-hybridized carbons (Fsp3) is 0. The van der Waals surface area contributed by atoms with Gasteiger partial charge in [0.05, 0.1) is 29.2 Å². The monoisotopic (exact) mass is 319 g/mol. The topological polar surface area (TPSA) is 141 Å². The lowest BCUT2D eigenvalue weighted by Gasteiger charge is -2.05. The third-order valence-electron chi connectivity index (χ3n) is 2.98. The van der Waals surface area contributed by atoms with E-state index in [1.807, 2.05) is 0 Å². The number of carboxylic acids is 1. The number of sulfonamides is 1. The van der Waals surface area contributed by atoms with Gasteiger partial charge in [-0.1, -0.05) is 0 Å². The molecule has 3 aromatic rings. The first-order valence-electron chi connectivity index (χ1n) is 5.92. The first kappa shape index (κ1) is 14.1. The Morgan fingerprint density at radius 2 is 2.05 bits per heavy atom. The van der Waals surface area contributed by atoms with Gasteiger partial charge in [-0.2, -0.15) is 5.10 Å². The molecule has 0 amide bonds. The van der Waals surface area contributed by atoms with Gasteiger partial charge in [0.25, 0.3) is 10.0 Å². The third-order valence-corrected chi connectivity index (χ3v) is 3.79. The molecule has 0 unspecified atom stereocenters. The van der Waals surface area contributed by atoms with Gasteiger partial charge in [0.1, 0.15) is 0 Å². The Bertz CT molecular complexity index is 996. The van der Waals surface area contributed by atoms with Gasteiger partial charge in [0, 0.05) is 23.8 Å². The maximum atomic E-state index is 11.4. The lowest BCUT2D eigenvalue weighted by Crippen LogP contribution is -2.14. The predicted octanol–water partition coefficient (Wildman–Crippen LogP) is 0.161. The van der Waals surface area contributed by atoms with E-state index in [1.54, 1.807) is 0 Å². The standard InChI is InChI=1S/C12H9N5O4S/c13-22(20,21)11-3-7(1-2-15-11)17-10-6-14-4-9(12(18)19)8(10)5-16-17/h1-6H,(H,18,19)(H2,13,20,21). The fourth-order valence-corrected chi connectivity index (χ4v) is 2.50. The Morgan fingerprint density at radius 3 is 2.73 bits per heavy atom. The molecular weight excluding hydrogens is 310 g/mol. The van der Waals surface area contributed by atoms with Crippen LogP contribution < -0.4 is 5.14 Å². The van der Waals surface area contributed by atoms with E-state index >= 15 is 0 Å². The molecule has 0 saturated heterocycles. The second-order valence-electron chi connectivity index (χ2n) is 4.38. The number of fused-ring (bicyclic) bond motifs is 1. The maximum absolute atomic E-state index is 11.4. The predicted molar refractivity (Wildman–Crippen MR) is 75.0 cm³/mol. The van der Waals surface area contributed by atoms with E-state index in [0.717, 1.165) is 0 Å². The summed E-state index contributed by atoms with van der Waals surface area (Å²) in [6.45, 7) is 0. The van der Waals surface area contributed by atoms with E-state index < -0.39 is 16.0 Å². The second kappa shape index (κ2) is 4.86. The molecule has 0 aliphatic heterocycles. The van der Waals surface area contributed by atoms with Crippen LogP contribution in [0.1, 0.15) is 10.4 Å². The molecule has 0 aliphatic rings. The average Bonchev–Trinajstić information content (AvgIpc) is 2.90. The molecule has 3 heterocycles. The zero-order chi connectivity index (χ0) is 15.9. The van der Waals surface area contributed by atoms with E-state index in [2.05, 4.69) is 15.1 Å². The van der Waals surface area contributed by atoms with Crippen LogP contribution >= 0.6 is 0 Å². The number of carbonyl (C=O) groups is 1. The van der Waals surface area contributed by atoms with Crippen molar-refractivity contribution in [3.8, 4) is 5.69 Å². The fourth-order valence-electron chi connectivity index (χ4n) is 2.00. The van der Waals surface area contributed by atoms with Crippen molar-refractivity contribution >= 4 is 26.9 Å². The number of pyridine rings is 2. The highest BCUT2D eigenvalue weighted by molar-refractivity contribution is 7.89. The summed E-state index contributed by atoms with van der Waals surface area (Å²) in [5.74, 6) is -1.13. The van der Waals surface area contributed by atoms with Gasteiger partial charge >= 0.3 is 5.97 Å². The summed E-state index contributed by atoms with van der Waals surface area (Å²) < 4.78 is 24.1. The van der Waals surface area contributed by atoms with Crippen LogP contribution in [-0.4, -0.2) is 39.2 Å². The van der Waals surface area contributed by atoms with Crippen LogP contribution in [0.2, 0.25) is 0 Å². The molecule has 0 bridgehead atoms. The number of aromatic nitrogens is 4. The van der Waals surface area contributed by atoms with Gasteiger partial charge in [-0.25, -0.2) is 28.0 Å². The minimum Gasteiger partial charge on any atom is -0.478 e. The molecule has 0 saturated carbocycles. The van der Waals surface area contributed by atoms with Gasteiger partial charge in [0.15, 0.2) is 5.03 Å². The van der Waals surface area contributed by atoms with Crippen molar-refractivity contribution in [1.82, 2.24) is 19.7 Å². The van der Waals surface area contributed by atoms with Crippen molar-refractivity contribution in [2.45, 2.75) is 5.03 Å². The van der Waals surface area contributed by atoms with E-state index in [1.165, 1.54) is 41.6 Å². The number of hydrogen-bond donors (Lipinski definition) is 2. The zero-order valence-electron chi connectivity index (χ0n) is 10.9. The largest absolute Gasteiger partial charge is 0.478 e. The lowest BCUT2D eigenvalue weighted by atomic mass is 10.2. The molecular formula is C12H9N5O4S. The molecule has 22 heavy (non-hydrogen) atoms. The molecule has 3 N–H and O–H groups in total. The van der Waals surface area contributed by atoms with Gasteiger partial charge in [0.2, 0.25) is 0 Å². The maximum Gasteiger partial charge on any atom is 0.338 e. The summed E-state index contributed by atoms with van der Waals surface area (Å²) in [6.07, 6.45) is 5.30. The second-order valence-corrected chi connectivity index (χ2v) is 5.89. The average molecular weight is 319 g/mol. The summed E-state index contributed by atoms with van der Waals surface area (Å²) in [7, 11) is -3.95. The van der Waals surface area contributed by atoms with Crippen LogP contribution in [0.15, 0.2) is 41.9 Å². The van der Waals surface area contributed by atoms with Gasteiger partial charge in [-0.05, 0) is 6.07 Å². The third kappa shape index (κ3) is 2.29. The van der Waals surface area contributed by atoms with Gasteiger partial charge < -0.3 is 5.11 Å². The number of nitrogens with zero attached hydrogens (tertiary/aromatic N) is 4. The molecule has 3 rings (SSSR count). The normalized spacial score (nSPS) is 11.7. The van der Waals surface area contributed by atoms with Crippen molar-refractivity contribution in [1.29, 1.82) is 0 Å². The van der Waals surface area contributed by atoms with Crippen LogP contribution in [0, 0.1) is 0 Å². The highest BCUT2D eigenvalue weighted by atomic mass is 32.2. The quantitative estimate of drug-likeness (QED) is 0.700. The molecule has 0 atom stereocenters. The highest BCUT2D eigenvalue weighted by Gasteiger charge is 2.15. The molecule has 112 valence electrons. The van der Waals surface area contributed by atoms with Crippen LogP contribution in [0.25, 0.3) is 16.6 Å². The Kier molecular flexibility index (Phi) is 3.11. The van der Waals surface area contributed by atoms with E-state index in [0.29, 0.717) is 16.6 Å². The Hall–Kier alpha value is -2.85. The first-order chi connectivity index (χ1) is 10.4. The Morgan fingerprint density at radius 1 is 1.27 bits per heavy atom. The summed E-state index contributed by atoms with van der Waals surface area (Å²) in [4.78, 5) is 18.7. The van der Waals surface area contributed by atoms with Crippen molar-refractivity contribution in [3.63, 3.8) is 0 Å². The van der Waals surface area contributed by atoms with Crippen molar-refractivity contribution in [3.05, 3.63) is 42.5 Å². The Balaban J connectivity index is 2.24. The van der Waals surface area contributed by atoms with E-state index in [9.17, 15) is 13.2 Å². The van der Waals surface area contributed by atoms with Crippen LogP contribution in [0.4, 0.5) is 0 Å². The molecule has 3 aromatic heterocycles. The molecule has 0 aliphatic carbocycles.